The van der Waals surface area contributed by atoms with Gasteiger partial charge < -0.3 is 23.7 Å². The molecule has 0 aromatic heterocycles. The van der Waals surface area contributed by atoms with E-state index in [9.17, 15) is 0 Å². The largest absolute Gasteiger partial charge is 0.487 e. The number of hydrogen-bond acceptors (Lipinski definition) is 5. The fourth-order valence-corrected chi connectivity index (χ4v) is 1.64. The third kappa shape index (κ3) is 8.55. The molecule has 5 heteroatoms. The highest BCUT2D eigenvalue weighted by atomic mass is 16.6. The zero-order valence-electron chi connectivity index (χ0n) is 13.0. The van der Waals surface area contributed by atoms with Crippen molar-refractivity contribution in [2.75, 3.05) is 52.9 Å². The van der Waals surface area contributed by atoms with E-state index < -0.39 is 0 Å². The minimum Gasteiger partial charge on any atom is -0.487 e. The van der Waals surface area contributed by atoms with Gasteiger partial charge in [-0.2, -0.15) is 0 Å². The van der Waals surface area contributed by atoms with Gasteiger partial charge in [0.1, 0.15) is 13.2 Å². The number of para-hydroxylation sites is 2. The van der Waals surface area contributed by atoms with Crippen LogP contribution in [-0.4, -0.2) is 52.9 Å². The molecule has 1 aliphatic rings. The zero-order valence-corrected chi connectivity index (χ0v) is 13.0. The van der Waals surface area contributed by atoms with Gasteiger partial charge in [-0.25, -0.2) is 0 Å². The summed E-state index contributed by atoms with van der Waals surface area (Å²) in [5.41, 5.74) is 0. The first-order chi connectivity index (χ1) is 10.4. The molecule has 0 saturated heterocycles. The van der Waals surface area contributed by atoms with Crippen LogP contribution in [-0.2, 0) is 14.2 Å². The average molecular weight is 298 g/mol. The van der Waals surface area contributed by atoms with Crippen molar-refractivity contribution < 1.29 is 23.7 Å². The smallest absolute Gasteiger partial charge is 0.161 e. The van der Waals surface area contributed by atoms with Gasteiger partial charge in [0, 0.05) is 13.2 Å². The van der Waals surface area contributed by atoms with Crippen LogP contribution in [0.1, 0.15) is 13.8 Å². The molecule has 0 saturated carbocycles. The number of benzene rings is 1. The highest BCUT2D eigenvalue weighted by molar-refractivity contribution is 5.39. The van der Waals surface area contributed by atoms with Crippen LogP contribution in [0.3, 0.4) is 0 Å². The topological polar surface area (TPSA) is 46.2 Å². The lowest BCUT2D eigenvalue weighted by molar-refractivity contribution is 0.0223. The Labute approximate surface area is 127 Å². The van der Waals surface area contributed by atoms with Crippen LogP contribution >= 0.6 is 0 Å². The van der Waals surface area contributed by atoms with Crippen molar-refractivity contribution in [3.8, 4) is 11.5 Å². The molecule has 0 fully saturated rings. The SMILES string of the molecule is CCOCC.c1ccc2c(c1)OCCOCCOCCO2. The second-order valence-corrected chi connectivity index (χ2v) is 4.15. The molecule has 5 nitrogen and oxygen atoms in total. The van der Waals surface area contributed by atoms with Crippen LogP contribution in [0.25, 0.3) is 0 Å². The van der Waals surface area contributed by atoms with Crippen LogP contribution in [0.5, 0.6) is 11.5 Å². The minimum atomic E-state index is 0.528. The van der Waals surface area contributed by atoms with E-state index in [-0.39, 0.29) is 0 Å². The molecule has 2 rings (SSSR count). The van der Waals surface area contributed by atoms with Gasteiger partial charge in [-0.05, 0) is 26.0 Å². The molecule has 1 aliphatic heterocycles. The van der Waals surface area contributed by atoms with Gasteiger partial charge >= 0.3 is 0 Å². The van der Waals surface area contributed by atoms with E-state index in [0.29, 0.717) is 39.6 Å². The van der Waals surface area contributed by atoms with Gasteiger partial charge in [-0.15, -0.1) is 0 Å². The van der Waals surface area contributed by atoms with E-state index >= 15 is 0 Å². The summed E-state index contributed by atoms with van der Waals surface area (Å²) in [4.78, 5) is 0. The fraction of sp³-hybridized carbons (Fsp3) is 0.625. The van der Waals surface area contributed by atoms with Crippen molar-refractivity contribution in [2.45, 2.75) is 13.8 Å². The third-order valence-electron chi connectivity index (χ3n) is 2.60. The van der Waals surface area contributed by atoms with Gasteiger partial charge in [0.25, 0.3) is 0 Å². The molecule has 0 bridgehead atoms. The van der Waals surface area contributed by atoms with E-state index in [1.165, 1.54) is 0 Å². The first-order valence-electron chi connectivity index (χ1n) is 7.46. The molecule has 0 atom stereocenters. The van der Waals surface area contributed by atoms with E-state index in [0.717, 1.165) is 24.7 Å². The normalized spacial score (nSPS) is 15.9. The molecular formula is C16H26O5. The van der Waals surface area contributed by atoms with Crippen LogP contribution in [0.2, 0.25) is 0 Å². The lowest BCUT2D eigenvalue weighted by Crippen LogP contribution is -2.15. The lowest BCUT2D eigenvalue weighted by atomic mass is 10.3. The Morgan fingerprint density at radius 1 is 0.762 bits per heavy atom. The van der Waals surface area contributed by atoms with Crippen molar-refractivity contribution in [3.63, 3.8) is 0 Å². The summed E-state index contributed by atoms with van der Waals surface area (Å²) in [7, 11) is 0. The molecule has 0 unspecified atom stereocenters. The second-order valence-electron chi connectivity index (χ2n) is 4.15. The Kier molecular flexibility index (Phi) is 10.5. The quantitative estimate of drug-likeness (QED) is 0.839. The van der Waals surface area contributed by atoms with E-state index in [1.807, 2.05) is 38.1 Å². The second kappa shape index (κ2) is 12.4. The maximum atomic E-state index is 5.57. The predicted octanol–water partition coefficient (Wildman–Crippen LogP) is 2.53. The van der Waals surface area contributed by atoms with Gasteiger partial charge in [-0.1, -0.05) is 12.1 Å². The molecule has 0 amide bonds. The molecule has 1 aromatic rings. The van der Waals surface area contributed by atoms with Gasteiger partial charge in [0.2, 0.25) is 0 Å². The van der Waals surface area contributed by atoms with Crippen molar-refractivity contribution >= 4 is 0 Å². The molecule has 21 heavy (non-hydrogen) atoms. The summed E-state index contributed by atoms with van der Waals surface area (Å²) in [6.07, 6.45) is 0. The Morgan fingerprint density at radius 2 is 1.19 bits per heavy atom. The molecule has 0 radical (unpaired) electrons. The maximum absolute atomic E-state index is 5.57. The van der Waals surface area contributed by atoms with Crippen molar-refractivity contribution in [1.82, 2.24) is 0 Å². The molecule has 0 aliphatic carbocycles. The van der Waals surface area contributed by atoms with Crippen LogP contribution < -0.4 is 9.47 Å². The van der Waals surface area contributed by atoms with Crippen molar-refractivity contribution in [1.29, 1.82) is 0 Å². The van der Waals surface area contributed by atoms with Crippen LogP contribution in [0, 0.1) is 0 Å². The van der Waals surface area contributed by atoms with Gasteiger partial charge in [0.15, 0.2) is 11.5 Å². The zero-order chi connectivity index (χ0) is 15.2. The Morgan fingerprint density at radius 3 is 1.57 bits per heavy atom. The average Bonchev–Trinajstić information content (AvgIpc) is 2.50. The molecule has 0 spiro atoms. The van der Waals surface area contributed by atoms with Gasteiger partial charge in [-0.3, -0.25) is 0 Å². The van der Waals surface area contributed by atoms with Crippen molar-refractivity contribution in [2.24, 2.45) is 0 Å². The van der Waals surface area contributed by atoms with Gasteiger partial charge in [0.05, 0.1) is 26.4 Å². The summed E-state index contributed by atoms with van der Waals surface area (Å²) in [6, 6.07) is 7.63. The standard InChI is InChI=1S/C12H16O4.C4H10O/c1-2-4-12-11(3-1)15-9-7-13-5-6-14-8-10-16-12;1-3-5-4-2/h1-4H,5-10H2;3-4H2,1-2H3. The first-order valence-corrected chi connectivity index (χ1v) is 7.46. The minimum absolute atomic E-state index is 0.528. The van der Waals surface area contributed by atoms with Crippen LogP contribution in [0.15, 0.2) is 24.3 Å². The van der Waals surface area contributed by atoms with E-state index in [2.05, 4.69) is 0 Å². The number of hydrogen-bond donors (Lipinski definition) is 0. The summed E-state index contributed by atoms with van der Waals surface area (Å²) >= 11 is 0. The molecule has 1 aromatic carbocycles. The number of fused-ring (bicyclic) bond motifs is 1. The van der Waals surface area contributed by atoms with Crippen molar-refractivity contribution in [3.05, 3.63) is 24.3 Å². The highest BCUT2D eigenvalue weighted by Gasteiger charge is 2.04. The summed E-state index contributed by atoms with van der Waals surface area (Å²) < 4.78 is 26.6. The molecule has 0 N–H and O–H groups in total. The van der Waals surface area contributed by atoms with E-state index in [1.54, 1.807) is 0 Å². The Balaban J connectivity index is 0.000000383. The number of rotatable bonds is 2. The maximum Gasteiger partial charge on any atom is 0.161 e. The molecule has 1 heterocycles. The number of ether oxygens (including phenoxy) is 5. The molecule has 120 valence electrons. The van der Waals surface area contributed by atoms with Crippen LogP contribution in [0.4, 0.5) is 0 Å². The summed E-state index contributed by atoms with van der Waals surface area (Å²) in [6.45, 7) is 9.06. The highest BCUT2D eigenvalue weighted by Crippen LogP contribution is 2.26. The summed E-state index contributed by atoms with van der Waals surface area (Å²) in [5.74, 6) is 1.51. The summed E-state index contributed by atoms with van der Waals surface area (Å²) in [5, 5.41) is 0. The third-order valence-corrected chi connectivity index (χ3v) is 2.60. The Bertz CT molecular complexity index is 323. The first kappa shape index (κ1) is 17.8. The fourth-order valence-electron chi connectivity index (χ4n) is 1.64. The Hall–Kier alpha value is -1.30. The van der Waals surface area contributed by atoms with E-state index in [4.69, 9.17) is 23.7 Å². The monoisotopic (exact) mass is 298 g/mol. The molecular weight excluding hydrogens is 272 g/mol. The predicted molar refractivity (Wildman–Crippen MR) is 81.2 cm³/mol. The lowest BCUT2D eigenvalue weighted by Gasteiger charge is -2.14.